The molecule has 0 bridgehead atoms. The summed E-state index contributed by atoms with van der Waals surface area (Å²) < 4.78 is 10.8. The Bertz CT molecular complexity index is 437. The van der Waals surface area contributed by atoms with E-state index in [2.05, 4.69) is 10.3 Å². The summed E-state index contributed by atoms with van der Waals surface area (Å²) in [5, 5.41) is 13.6. The third kappa shape index (κ3) is 4.48. The van der Waals surface area contributed by atoms with Crippen molar-refractivity contribution < 1.29 is 9.13 Å². The van der Waals surface area contributed by atoms with Gasteiger partial charge >= 0.3 is 0 Å². The minimum absolute atomic E-state index is 0.0187. The van der Waals surface area contributed by atoms with Crippen LogP contribution in [0.5, 0.6) is 0 Å². The van der Waals surface area contributed by atoms with Gasteiger partial charge in [0.15, 0.2) is 0 Å². The highest BCUT2D eigenvalue weighted by Crippen LogP contribution is 2.17. The van der Waals surface area contributed by atoms with Crippen LogP contribution in [0.3, 0.4) is 0 Å². The normalized spacial score (nSPS) is 12.1. The lowest BCUT2D eigenvalue weighted by Gasteiger charge is -2.05. The van der Waals surface area contributed by atoms with Crippen LogP contribution >= 0.6 is 0 Å². The zero-order chi connectivity index (χ0) is 12.8. The molecule has 1 aromatic rings. The molecule has 6 nitrogen and oxygen atoms in total. The number of nitro groups is 1. The van der Waals surface area contributed by atoms with Crippen LogP contribution in [0.1, 0.15) is 12.1 Å². The van der Waals surface area contributed by atoms with Gasteiger partial charge in [0.2, 0.25) is 0 Å². The Balaban J connectivity index is 2.53. The molecule has 7 heteroatoms. The Kier molecular flexibility index (Phi) is 5.02. The van der Waals surface area contributed by atoms with Crippen LogP contribution in [0.2, 0.25) is 0 Å². The first-order valence-corrected chi connectivity index (χ1v) is 6.89. The van der Waals surface area contributed by atoms with E-state index in [1.54, 1.807) is 19.2 Å². The fourth-order valence-electron chi connectivity index (χ4n) is 1.34. The van der Waals surface area contributed by atoms with Crippen LogP contribution in [0.15, 0.2) is 12.1 Å². The Morgan fingerprint density at radius 1 is 1.53 bits per heavy atom. The van der Waals surface area contributed by atoms with Crippen molar-refractivity contribution in [3.63, 3.8) is 0 Å². The molecular formula is C10H15N3O3S. The highest BCUT2D eigenvalue weighted by atomic mass is 32.2. The van der Waals surface area contributed by atoms with Crippen LogP contribution in [-0.4, -0.2) is 32.7 Å². The second-order valence-electron chi connectivity index (χ2n) is 3.62. The molecule has 0 saturated carbocycles. The molecule has 0 fully saturated rings. The number of pyridine rings is 1. The molecule has 0 saturated heterocycles. The van der Waals surface area contributed by atoms with Gasteiger partial charge in [0.25, 0.3) is 5.69 Å². The minimum atomic E-state index is -0.787. The van der Waals surface area contributed by atoms with Gasteiger partial charge in [-0.2, -0.15) is 0 Å². The van der Waals surface area contributed by atoms with Gasteiger partial charge in [0.1, 0.15) is 11.5 Å². The summed E-state index contributed by atoms with van der Waals surface area (Å²) in [7, 11) is -0.787. The van der Waals surface area contributed by atoms with Crippen molar-refractivity contribution in [2.45, 2.75) is 13.3 Å². The van der Waals surface area contributed by atoms with E-state index in [1.165, 1.54) is 6.07 Å². The molecule has 0 radical (unpaired) electrons. The molecule has 0 aliphatic rings. The van der Waals surface area contributed by atoms with Gasteiger partial charge < -0.3 is 5.32 Å². The minimum Gasteiger partial charge on any atom is -0.370 e. The molecule has 94 valence electrons. The monoisotopic (exact) mass is 257 g/mol. The summed E-state index contributed by atoms with van der Waals surface area (Å²) >= 11 is 0. The van der Waals surface area contributed by atoms with E-state index >= 15 is 0 Å². The largest absolute Gasteiger partial charge is 0.370 e. The molecule has 0 aliphatic heterocycles. The Morgan fingerprint density at radius 3 is 2.76 bits per heavy atom. The molecule has 1 rings (SSSR count). The Morgan fingerprint density at radius 2 is 2.24 bits per heavy atom. The molecule has 1 unspecified atom stereocenters. The van der Waals surface area contributed by atoms with E-state index in [-0.39, 0.29) is 5.69 Å². The number of aromatic nitrogens is 1. The van der Waals surface area contributed by atoms with E-state index in [1.807, 2.05) is 0 Å². The smallest absolute Gasteiger partial charge is 0.290 e. The number of aryl methyl sites for hydroxylation is 1. The number of anilines is 1. The van der Waals surface area contributed by atoms with Crippen molar-refractivity contribution >= 4 is 22.3 Å². The first kappa shape index (κ1) is 13.6. The zero-order valence-electron chi connectivity index (χ0n) is 9.80. The number of hydrogen-bond acceptors (Lipinski definition) is 5. The molecule has 0 amide bonds. The molecule has 1 atom stereocenters. The molecule has 17 heavy (non-hydrogen) atoms. The number of nitrogens with one attached hydrogen (secondary N) is 1. The van der Waals surface area contributed by atoms with E-state index < -0.39 is 15.7 Å². The summed E-state index contributed by atoms with van der Waals surface area (Å²) in [6.07, 6.45) is 2.44. The van der Waals surface area contributed by atoms with Gasteiger partial charge in [-0.15, -0.1) is 0 Å². The molecule has 1 heterocycles. The standard InChI is InChI=1S/C10H15N3O3S/c1-8-9(13(14)15)4-5-10(12-8)11-6-3-7-17(2)16/h4-5H,3,6-7H2,1-2H3,(H,11,12). The molecule has 0 aromatic carbocycles. The van der Waals surface area contributed by atoms with Crippen LogP contribution in [0.4, 0.5) is 11.5 Å². The van der Waals surface area contributed by atoms with Crippen molar-refractivity contribution in [2.75, 3.05) is 23.9 Å². The van der Waals surface area contributed by atoms with Gasteiger partial charge in [0, 0.05) is 35.4 Å². The lowest BCUT2D eigenvalue weighted by atomic mass is 10.3. The number of nitrogens with zero attached hydrogens (tertiary/aromatic N) is 2. The maximum Gasteiger partial charge on any atom is 0.290 e. The van der Waals surface area contributed by atoms with Gasteiger partial charge in [-0.25, -0.2) is 4.98 Å². The molecular weight excluding hydrogens is 242 g/mol. The lowest BCUT2D eigenvalue weighted by Crippen LogP contribution is -2.08. The second kappa shape index (κ2) is 6.29. The highest BCUT2D eigenvalue weighted by molar-refractivity contribution is 7.84. The maximum absolute atomic E-state index is 10.8. The molecule has 1 N–H and O–H groups in total. The first-order valence-electron chi connectivity index (χ1n) is 5.16. The van der Waals surface area contributed by atoms with Crippen molar-refractivity contribution in [1.29, 1.82) is 0 Å². The number of hydrogen-bond donors (Lipinski definition) is 1. The maximum atomic E-state index is 10.8. The summed E-state index contributed by atoms with van der Waals surface area (Å²) in [5.74, 6) is 1.24. The van der Waals surface area contributed by atoms with Gasteiger partial charge in [-0.3, -0.25) is 14.3 Å². The predicted molar refractivity (Wildman–Crippen MR) is 67.7 cm³/mol. The highest BCUT2D eigenvalue weighted by Gasteiger charge is 2.11. The quantitative estimate of drug-likeness (QED) is 0.474. The van der Waals surface area contributed by atoms with Crippen LogP contribution in [0, 0.1) is 17.0 Å². The second-order valence-corrected chi connectivity index (χ2v) is 5.17. The average Bonchev–Trinajstić information content (AvgIpc) is 2.23. The van der Waals surface area contributed by atoms with E-state index in [0.717, 1.165) is 6.42 Å². The third-order valence-corrected chi connectivity index (χ3v) is 3.03. The third-order valence-electron chi connectivity index (χ3n) is 2.17. The fourth-order valence-corrected chi connectivity index (χ4v) is 1.89. The van der Waals surface area contributed by atoms with Crippen molar-refractivity contribution in [3.8, 4) is 0 Å². The van der Waals surface area contributed by atoms with Crippen LogP contribution < -0.4 is 5.32 Å². The topological polar surface area (TPSA) is 85.1 Å². The predicted octanol–water partition coefficient (Wildman–Crippen LogP) is 1.48. The SMILES string of the molecule is Cc1nc(NCCCS(C)=O)ccc1[N+](=O)[O-]. The summed E-state index contributed by atoms with van der Waals surface area (Å²) in [4.78, 5) is 14.2. The lowest BCUT2D eigenvalue weighted by molar-refractivity contribution is -0.385. The van der Waals surface area contributed by atoms with Crippen molar-refractivity contribution in [2.24, 2.45) is 0 Å². The van der Waals surface area contributed by atoms with E-state index in [0.29, 0.717) is 23.8 Å². The first-order chi connectivity index (χ1) is 8.00. The average molecular weight is 257 g/mol. The Labute approximate surface area is 102 Å². The molecule has 0 aliphatic carbocycles. The van der Waals surface area contributed by atoms with E-state index in [4.69, 9.17) is 0 Å². The summed E-state index contributed by atoms with van der Waals surface area (Å²) in [6, 6.07) is 3.01. The van der Waals surface area contributed by atoms with Crippen molar-refractivity contribution in [3.05, 3.63) is 27.9 Å². The van der Waals surface area contributed by atoms with Gasteiger partial charge in [-0.1, -0.05) is 0 Å². The summed E-state index contributed by atoms with van der Waals surface area (Å²) in [6.45, 7) is 2.26. The fraction of sp³-hybridized carbons (Fsp3) is 0.500. The number of rotatable bonds is 6. The van der Waals surface area contributed by atoms with Crippen molar-refractivity contribution in [1.82, 2.24) is 4.98 Å². The molecule has 0 spiro atoms. The molecule has 1 aromatic heterocycles. The van der Waals surface area contributed by atoms with E-state index in [9.17, 15) is 14.3 Å². The zero-order valence-corrected chi connectivity index (χ0v) is 10.6. The Hall–Kier alpha value is -1.50. The van der Waals surface area contributed by atoms with Crippen LogP contribution in [0.25, 0.3) is 0 Å². The van der Waals surface area contributed by atoms with Gasteiger partial charge in [-0.05, 0) is 19.4 Å². The van der Waals surface area contributed by atoms with Crippen LogP contribution in [-0.2, 0) is 10.8 Å². The van der Waals surface area contributed by atoms with Gasteiger partial charge in [0.05, 0.1) is 4.92 Å². The summed E-state index contributed by atoms with van der Waals surface area (Å²) in [5.41, 5.74) is 0.407.